The molecule has 0 spiro atoms. The Morgan fingerprint density at radius 3 is 2.76 bits per heavy atom. The SMILES string of the molecule is CCCc1cc(=O)oc2cc(OCC(=O)NCC(=O)NCC(=O)N3CC[C@]4(O)CCCC[C@@H]4C3)ccc12. The predicted octanol–water partition coefficient (Wildman–Crippen LogP) is 1.51. The van der Waals surface area contributed by atoms with Crippen LogP contribution in [0.4, 0.5) is 0 Å². The topological polar surface area (TPSA) is 138 Å². The molecule has 1 saturated carbocycles. The molecule has 1 aromatic carbocycles. The number of carbonyl (C=O) groups is 3. The number of carbonyl (C=O) groups excluding carboxylic acids is 3. The van der Waals surface area contributed by atoms with Crippen molar-refractivity contribution < 1.29 is 28.6 Å². The third-order valence-electron chi connectivity index (χ3n) is 7.35. The number of likely N-dealkylation sites (tertiary alicyclic amines) is 1. The van der Waals surface area contributed by atoms with E-state index in [0.717, 1.165) is 49.5 Å². The van der Waals surface area contributed by atoms with E-state index < -0.39 is 23.0 Å². The Kier molecular flexibility index (Phi) is 8.48. The monoisotopic (exact) mass is 513 g/mol. The van der Waals surface area contributed by atoms with Crippen molar-refractivity contribution in [3.63, 3.8) is 0 Å². The van der Waals surface area contributed by atoms with Crippen molar-refractivity contribution in [1.29, 1.82) is 0 Å². The third-order valence-corrected chi connectivity index (χ3v) is 7.35. The zero-order chi connectivity index (χ0) is 26.4. The highest BCUT2D eigenvalue weighted by atomic mass is 16.5. The van der Waals surface area contributed by atoms with Gasteiger partial charge in [-0.25, -0.2) is 4.79 Å². The largest absolute Gasteiger partial charge is 0.484 e. The molecule has 10 nitrogen and oxygen atoms in total. The molecule has 37 heavy (non-hydrogen) atoms. The van der Waals surface area contributed by atoms with Crippen molar-refractivity contribution in [1.82, 2.24) is 15.5 Å². The molecule has 1 aromatic heterocycles. The van der Waals surface area contributed by atoms with Crippen LogP contribution < -0.4 is 21.0 Å². The van der Waals surface area contributed by atoms with Crippen LogP contribution in [-0.2, 0) is 20.8 Å². The minimum absolute atomic E-state index is 0.0889. The van der Waals surface area contributed by atoms with Gasteiger partial charge in [-0.05, 0) is 43.4 Å². The van der Waals surface area contributed by atoms with Crippen LogP contribution in [0, 0.1) is 5.92 Å². The molecule has 10 heteroatoms. The maximum absolute atomic E-state index is 12.5. The van der Waals surface area contributed by atoms with Crippen LogP contribution >= 0.6 is 0 Å². The van der Waals surface area contributed by atoms with Gasteiger partial charge in [0.05, 0.1) is 18.7 Å². The molecular weight excluding hydrogens is 478 g/mol. The van der Waals surface area contributed by atoms with E-state index in [9.17, 15) is 24.3 Å². The van der Waals surface area contributed by atoms with Gasteiger partial charge < -0.3 is 29.8 Å². The Balaban J connectivity index is 1.18. The Morgan fingerprint density at radius 1 is 1.14 bits per heavy atom. The molecule has 2 aliphatic rings. The Labute approximate surface area is 215 Å². The second-order valence-corrected chi connectivity index (χ2v) is 9.98. The van der Waals surface area contributed by atoms with Crippen molar-refractivity contribution in [2.45, 2.75) is 57.5 Å². The standard InChI is InChI=1S/C27H35N3O7/c1-2-5-18-12-26(34)37-22-13-20(7-8-21(18)22)36-17-24(32)28-14-23(31)29-15-25(33)30-11-10-27(35)9-4-3-6-19(27)16-30/h7-8,12-13,19,35H,2-6,9-11,14-17H2,1H3,(H,28,32)(H,29,31)/t19-,27-/m1/s1. The molecule has 4 rings (SSSR count). The molecule has 2 atom stereocenters. The first-order valence-electron chi connectivity index (χ1n) is 13.0. The quantitative estimate of drug-likeness (QED) is 0.432. The number of ether oxygens (including phenoxy) is 1. The zero-order valence-corrected chi connectivity index (χ0v) is 21.2. The molecule has 1 aliphatic carbocycles. The van der Waals surface area contributed by atoms with Crippen molar-refractivity contribution in [2.75, 3.05) is 32.8 Å². The molecule has 0 bridgehead atoms. The molecule has 2 aromatic rings. The van der Waals surface area contributed by atoms with Crippen LogP contribution in [0.3, 0.4) is 0 Å². The van der Waals surface area contributed by atoms with Crippen molar-refractivity contribution in [3.8, 4) is 5.75 Å². The molecule has 1 aliphatic heterocycles. The summed E-state index contributed by atoms with van der Waals surface area (Å²) >= 11 is 0. The van der Waals surface area contributed by atoms with Gasteiger partial charge in [-0.1, -0.05) is 26.2 Å². The first-order valence-corrected chi connectivity index (χ1v) is 13.0. The number of hydrogen-bond donors (Lipinski definition) is 3. The summed E-state index contributed by atoms with van der Waals surface area (Å²) in [6.45, 7) is 2.25. The first-order chi connectivity index (χ1) is 17.8. The summed E-state index contributed by atoms with van der Waals surface area (Å²) in [5.74, 6) is -0.730. The number of nitrogens with one attached hydrogen (secondary N) is 2. The molecule has 1 saturated heterocycles. The van der Waals surface area contributed by atoms with E-state index >= 15 is 0 Å². The van der Waals surface area contributed by atoms with E-state index in [0.29, 0.717) is 30.8 Å². The fourth-order valence-corrected chi connectivity index (χ4v) is 5.30. The lowest BCUT2D eigenvalue weighted by atomic mass is 9.71. The van der Waals surface area contributed by atoms with Crippen LogP contribution in [-0.4, -0.2) is 66.1 Å². The number of amides is 3. The van der Waals surface area contributed by atoms with Crippen LogP contribution in [0.2, 0.25) is 0 Å². The second-order valence-electron chi connectivity index (χ2n) is 9.98. The van der Waals surface area contributed by atoms with Gasteiger partial charge in [-0.15, -0.1) is 0 Å². The van der Waals surface area contributed by atoms with Gasteiger partial charge in [-0.3, -0.25) is 14.4 Å². The lowest BCUT2D eigenvalue weighted by Gasteiger charge is -2.47. The van der Waals surface area contributed by atoms with E-state index in [1.165, 1.54) is 6.07 Å². The van der Waals surface area contributed by atoms with Gasteiger partial charge in [0, 0.05) is 36.5 Å². The van der Waals surface area contributed by atoms with Crippen LogP contribution in [0.25, 0.3) is 11.0 Å². The Hall–Kier alpha value is -3.40. The van der Waals surface area contributed by atoms with Crippen LogP contribution in [0.15, 0.2) is 33.5 Å². The second kappa shape index (κ2) is 11.8. The average Bonchev–Trinajstić information content (AvgIpc) is 2.88. The number of nitrogens with zero attached hydrogens (tertiary/aromatic N) is 1. The van der Waals surface area contributed by atoms with Gasteiger partial charge in [-0.2, -0.15) is 0 Å². The normalized spacial score (nSPS) is 21.2. The minimum atomic E-state index is -0.663. The minimum Gasteiger partial charge on any atom is -0.484 e. The number of aryl methyl sites for hydroxylation is 1. The van der Waals surface area contributed by atoms with Crippen molar-refractivity contribution >= 4 is 28.7 Å². The molecule has 0 radical (unpaired) electrons. The van der Waals surface area contributed by atoms with E-state index in [1.807, 2.05) is 6.92 Å². The summed E-state index contributed by atoms with van der Waals surface area (Å²) in [5.41, 5.74) is 0.188. The van der Waals surface area contributed by atoms with Gasteiger partial charge in [0.1, 0.15) is 11.3 Å². The molecule has 3 amide bonds. The maximum atomic E-state index is 12.5. The third kappa shape index (κ3) is 6.68. The number of piperidine rings is 1. The summed E-state index contributed by atoms with van der Waals surface area (Å²) in [7, 11) is 0. The molecule has 0 unspecified atom stereocenters. The highest BCUT2D eigenvalue weighted by molar-refractivity contribution is 5.88. The summed E-state index contributed by atoms with van der Waals surface area (Å²) in [5, 5.41) is 16.6. The van der Waals surface area contributed by atoms with Crippen molar-refractivity contribution in [3.05, 3.63) is 40.2 Å². The maximum Gasteiger partial charge on any atom is 0.336 e. The van der Waals surface area contributed by atoms with Crippen LogP contribution in [0.5, 0.6) is 5.75 Å². The van der Waals surface area contributed by atoms with E-state index in [-0.39, 0.29) is 31.5 Å². The number of rotatable bonds is 9. The van der Waals surface area contributed by atoms with Crippen molar-refractivity contribution in [2.24, 2.45) is 5.92 Å². The van der Waals surface area contributed by atoms with E-state index in [2.05, 4.69) is 10.6 Å². The zero-order valence-electron chi connectivity index (χ0n) is 21.2. The number of fused-ring (bicyclic) bond motifs is 2. The van der Waals surface area contributed by atoms with Crippen LogP contribution in [0.1, 0.15) is 51.0 Å². The van der Waals surface area contributed by atoms with Gasteiger partial charge in [0.25, 0.3) is 5.91 Å². The Morgan fingerprint density at radius 2 is 1.95 bits per heavy atom. The van der Waals surface area contributed by atoms with Gasteiger partial charge in [0.15, 0.2) is 6.61 Å². The summed E-state index contributed by atoms with van der Waals surface area (Å²) in [4.78, 5) is 50.3. The molecule has 2 heterocycles. The molecular formula is C27H35N3O7. The summed E-state index contributed by atoms with van der Waals surface area (Å²) < 4.78 is 10.8. The van der Waals surface area contributed by atoms with Gasteiger partial charge in [0.2, 0.25) is 11.8 Å². The Bertz CT molecular complexity index is 1210. The summed E-state index contributed by atoms with van der Waals surface area (Å²) in [6.07, 6.45) is 5.99. The molecule has 3 N–H and O–H groups in total. The smallest absolute Gasteiger partial charge is 0.336 e. The summed E-state index contributed by atoms with van der Waals surface area (Å²) in [6, 6.07) is 6.54. The van der Waals surface area contributed by atoms with Gasteiger partial charge >= 0.3 is 5.63 Å². The number of aliphatic hydroxyl groups is 1. The van der Waals surface area contributed by atoms with E-state index in [1.54, 1.807) is 23.1 Å². The fourth-order valence-electron chi connectivity index (χ4n) is 5.30. The number of benzene rings is 1. The highest BCUT2D eigenvalue weighted by Crippen LogP contribution is 2.39. The van der Waals surface area contributed by atoms with E-state index in [4.69, 9.17) is 9.15 Å². The fraction of sp³-hybridized carbons (Fsp3) is 0.556. The molecule has 2 fully saturated rings. The lowest BCUT2D eigenvalue weighted by Crippen LogP contribution is -2.56. The first kappa shape index (κ1) is 26.7. The molecule has 200 valence electrons. The predicted molar refractivity (Wildman–Crippen MR) is 136 cm³/mol. The average molecular weight is 514 g/mol. The highest BCUT2D eigenvalue weighted by Gasteiger charge is 2.43. The lowest BCUT2D eigenvalue weighted by molar-refractivity contribution is -0.143. The number of hydrogen-bond acceptors (Lipinski definition) is 7.